The number of fused-ring (bicyclic) bond motifs is 2. The molecule has 2 atom stereocenters. The van der Waals surface area contributed by atoms with Gasteiger partial charge in [-0.3, -0.25) is 14.4 Å². The van der Waals surface area contributed by atoms with Crippen molar-refractivity contribution in [2.24, 2.45) is 0 Å². The summed E-state index contributed by atoms with van der Waals surface area (Å²) >= 11 is 1.39. The molecular formula is C25H30N6O4S. The molecule has 4 N–H and O–H groups in total. The zero-order valence-electron chi connectivity index (χ0n) is 20.3. The molecule has 0 radical (unpaired) electrons. The van der Waals surface area contributed by atoms with Gasteiger partial charge in [0, 0.05) is 48.4 Å². The largest absolute Gasteiger partial charge is 0.387 e. The fraction of sp³-hybridized carbons (Fsp3) is 0.440. The van der Waals surface area contributed by atoms with Crippen molar-refractivity contribution in [3.8, 4) is 0 Å². The van der Waals surface area contributed by atoms with Gasteiger partial charge in [-0.2, -0.15) is 0 Å². The van der Waals surface area contributed by atoms with Crippen LogP contribution < -0.4 is 10.6 Å². The molecule has 2 aromatic heterocycles. The summed E-state index contributed by atoms with van der Waals surface area (Å²) in [6.07, 6.45) is 1.25. The Morgan fingerprint density at radius 3 is 2.78 bits per heavy atom. The van der Waals surface area contributed by atoms with E-state index in [4.69, 9.17) is 0 Å². The van der Waals surface area contributed by atoms with E-state index in [1.54, 1.807) is 0 Å². The molecule has 36 heavy (non-hydrogen) atoms. The van der Waals surface area contributed by atoms with Crippen LogP contribution in [-0.2, 0) is 17.8 Å². The molecule has 1 fully saturated rings. The first-order valence-electron chi connectivity index (χ1n) is 12.1. The normalized spacial score (nSPS) is 20.2. The molecule has 3 amide bonds. The summed E-state index contributed by atoms with van der Waals surface area (Å²) < 4.78 is 0. The molecule has 2 aliphatic rings. The molecule has 0 unspecified atom stereocenters. The number of aliphatic hydroxyl groups excluding tert-OH is 1. The second kappa shape index (κ2) is 10.00. The van der Waals surface area contributed by atoms with Crippen LogP contribution >= 0.6 is 11.3 Å². The summed E-state index contributed by atoms with van der Waals surface area (Å²) in [4.78, 5) is 50.9. The molecule has 0 bridgehead atoms. The SMILES string of the molecule is Cc1ccc2[nH]c(C(=O)N[C@H]3CCN(C(=O)CO)C[C@H]3NC(=O)c3nc4c(s3)CN(C)CC4)cc2c1. The number of amides is 3. The first-order chi connectivity index (χ1) is 17.3. The van der Waals surface area contributed by atoms with E-state index in [1.807, 2.05) is 38.2 Å². The smallest absolute Gasteiger partial charge is 0.280 e. The molecule has 5 rings (SSSR count). The van der Waals surface area contributed by atoms with Crippen LogP contribution in [0.15, 0.2) is 24.3 Å². The van der Waals surface area contributed by atoms with Crippen LogP contribution in [0.2, 0.25) is 0 Å². The molecular weight excluding hydrogens is 480 g/mol. The lowest BCUT2D eigenvalue weighted by atomic mass is 9.98. The highest BCUT2D eigenvalue weighted by atomic mass is 32.1. The quantitative estimate of drug-likeness (QED) is 0.406. The van der Waals surface area contributed by atoms with Crippen LogP contribution in [0.25, 0.3) is 10.9 Å². The van der Waals surface area contributed by atoms with E-state index >= 15 is 0 Å². The summed E-state index contributed by atoms with van der Waals surface area (Å²) in [5, 5.41) is 16.7. The molecule has 11 heteroatoms. The van der Waals surface area contributed by atoms with Gasteiger partial charge in [0.2, 0.25) is 5.91 Å². The standard InChI is InChI=1S/C25H30N6O4S/c1-14-3-4-16-15(9-14)10-19(26-16)23(34)27-17-6-8-31(22(33)13-32)11-20(17)28-24(35)25-29-18-5-7-30(2)12-21(18)36-25/h3-4,9-10,17,20,26,32H,5-8,11-13H2,1-2H3,(H,27,34)(H,28,35)/t17-,20+/m0/s1. The number of carbonyl (C=O) groups is 3. The van der Waals surface area contributed by atoms with Crippen molar-refractivity contribution in [1.29, 1.82) is 0 Å². The summed E-state index contributed by atoms with van der Waals surface area (Å²) in [7, 11) is 2.04. The molecule has 190 valence electrons. The lowest BCUT2D eigenvalue weighted by Crippen LogP contribution is -2.61. The Kier molecular flexibility index (Phi) is 6.78. The number of aliphatic hydroxyl groups is 1. The zero-order valence-corrected chi connectivity index (χ0v) is 21.2. The predicted octanol–water partition coefficient (Wildman–Crippen LogP) is 1.04. The molecule has 2 aliphatic heterocycles. The van der Waals surface area contributed by atoms with E-state index in [2.05, 4.69) is 25.5 Å². The highest BCUT2D eigenvalue weighted by Crippen LogP contribution is 2.25. The van der Waals surface area contributed by atoms with Crippen molar-refractivity contribution in [1.82, 2.24) is 30.4 Å². The van der Waals surface area contributed by atoms with Gasteiger partial charge in [0.15, 0.2) is 5.01 Å². The summed E-state index contributed by atoms with van der Waals surface area (Å²) in [5.74, 6) is -0.999. The van der Waals surface area contributed by atoms with E-state index in [-0.39, 0.29) is 18.4 Å². The average molecular weight is 511 g/mol. The maximum absolute atomic E-state index is 13.2. The van der Waals surface area contributed by atoms with Gasteiger partial charge < -0.3 is 30.5 Å². The van der Waals surface area contributed by atoms with Gasteiger partial charge in [0.1, 0.15) is 12.3 Å². The van der Waals surface area contributed by atoms with Crippen molar-refractivity contribution in [2.45, 2.75) is 38.4 Å². The van der Waals surface area contributed by atoms with E-state index < -0.39 is 24.6 Å². The number of likely N-dealkylation sites (tertiary alicyclic amines) is 1. The van der Waals surface area contributed by atoms with Crippen LogP contribution in [0.1, 0.15) is 42.8 Å². The molecule has 1 aromatic carbocycles. The number of likely N-dealkylation sites (N-methyl/N-ethyl adjacent to an activating group) is 1. The Hall–Kier alpha value is -3.28. The molecule has 4 heterocycles. The van der Waals surface area contributed by atoms with E-state index in [1.165, 1.54) is 16.2 Å². The maximum Gasteiger partial charge on any atom is 0.280 e. The third kappa shape index (κ3) is 4.99. The Bertz CT molecular complexity index is 1320. The lowest BCUT2D eigenvalue weighted by molar-refractivity contribution is -0.135. The Morgan fingerprint density at radius 1 is 1.17 bits per heavy atom. The number of nitrogens with one attached hydrogen (secondary N) is 3. The Balaban J connectivity index is 1.33. The van der Waals surface area contributed by atoms with Gasteiger partial charge >= 0.3 is 0 Å². The van der Waals surface area contributed by atoms with Crippen molar-refractivity contribution >= 4 is 40.0 Å². The number of rotatable bonds is 5. The van der Waals surface area contributed by atoms with Gasteiger partial charge in [-0.15, -0.1) is 11.3 Å². The van der Waals surface area contributed by atoms with Crippen molar-refractivity contribution in [3.05, 3.63) is 51.1 Å². The van der Waals surface area contributed by atoms with Gasteiger partial charge in [-0.25, -0.2) is 4.98 Å². The number of nitrogens with zero attached hydrogens (tertiary/aromatic N) is 3. The van der Waals surface area contributed by atoms with Crippen LogP contribution in [0.3, 0.4) is 0 Å². The minimum absolute atomic E-state index is 0.190. The number of thiazole rings is 1. The van der Waals surface area contributed by atoms with Gasteiger partial charge in [0.25, 0.3) is 11.8 Å². The van der Waals surface area contributed by atoms with E-state index in [0.29, 0.717) is 23.7 Å². The fourth-order valence-corrected chi connectivity index (χ4v) is 5.96. The van der Waals surface area contributed by atoms with Crippen molar-refractivity contribution in [2.75, 3.05) is 33.3 Å². The third-order valence-corrected chi connectivity index (χ3v) is 7.95. The van der Waals surface area contributed by atoms with Crippen LogP contribution in [-0.4, -0.2) is 88.0 Å². The number of aromatic nitrogens is 2. The Labute approximate surface area is 212 Å². The number of hydrogen-bond donors (Lipinski definition) is 4. The second-order valence-electron chi connectivity index (χ2n) is 9.60. The first kappa shape index (κ1) is 24.4. The minimum Gasteiger partial charge on any atom is -0.387 e. The predicted molar refractivity (Wildman–Crippen MR) is 136 cm³/mol. The van der Waals surface area contributed by atoms with Crippen LogP contribution in [0.5, 0.6) is 0 Å². The van der Waals surface area contributed by atoms with Crippen molar-refractivity contribution < 1.29 is 19.5 Å². The summed E-state index contributed by atoms with van der Waals surface area (Å²) in [6.45, 7) is 3.64. The fourth-order valence-electron chi connectivity index (χ4n) is 4.87. The minimum atomic E-state index is -0.598. The monoisotopic (exact) mass is 510 g/mol. The van der Waals surface area contributed by atoms with Gasteiger partial charge in [-0.1, -0.05) is 11.6 Å². The first-order valence-corrected chi connectivity index (χ1v) is 12.9. The number of piperidine rings is 1. The lowest BCUT2D eigenvalue weighted by Gasteiger charge is -2.38. The van der Waals surface area contributed by atoms with Crippen LogP contribution in [0, 0.1) is 6.92 Å². The molecule has 0 spiro atoms. The second-order valence-corrected chi connectivity index (χ2v) is 10.7. The van der Waals surface area contributed by atoms with E-state index in [0.717, 1.165) is 46.5 Å². The summed E-state index contributed by atoms with van der Waals surface area (Å²) in [6, 6.07) is 6.82. The molecule has 1 saturated heterocycles. The van der Waals surface area contributed by atoms with Crippen LogP contribution in [0.4, 0.5) is 0 Å². The zero-order chi connectivity index (χ0) is 25.4. The van der Waals surface area contributed by atoms with Gasteiger partial charge in [0.05, 0.1) is 17.8 Å². The third-order valence-electron chi connectivity index (χ3n) is 6.87. The molecule has 3 aromatic rings. The number of aryl methyl sites for hydroxylation is 1. The molecule has 10 nitrogen and oxygen atoms in total. The molecule has 0 aliphatic carbocycles. The highest BCUT2D eigenvalue weighted by Gasteiger charge is 2.34. The number of H-pyrrole nitrogens is 1. The summed E-state index contributed by atoms with van der Waals surface area (Å²) in [5.41, 5.74) is 3.37. The van der Waals surface area contributed by atoms with Gasteiger partial charge in [-0.05, 0) is 38.6 Å². The number of benzene rings is 1. The maximum atomic E-state index is 13.2. The highest BCUT2D eigenvalue weighted by molar-refractivity contribution is 7.13. The Morgan fingerprint density at radius 2 is 1.97 bits per heavy atom. The number of carbonyl (C=O) groups excluding carboxylic acids is 3. The van der Waals surface area contributed by atoms with E-state index in [9.17, 15) is 19.5 Å². The number of aromatic amines is 1. The molecule has 0 saturated carbocycles. The van der Waals surface area contributed by atoms with Crippen molar-refractivity contribution in [3.63, 3.8) is 0 Å². The average Bonchev–Trinajstić information content (AvgIpc) is 3.48. The number of hydrogen-bond acceptors (Lipinski definition) is 7. The topological polar surface area (TPSA) is 131 Å².